The third-order valence-corrected chi connectivity index (χ3v) is 3.35. The molecule has 0 saturated heterocycles. The van der Waals surface area contributed by atoms with E-state index in [0.29, 0.717) is 0 Å². The molecule has 0 atom stereocenters. The predicted octanol–water partition coefficient (Wildman–Crippen LogP) is 4.37. The molecule has 0 spiro atoms. The molecule has 0 fully saturated rings. The van der Waals surface area contributed by atoms with Crippen molar-refractivity contribution in [1.29, 1.82) is 0 Å². The normalized spacial score (nSPS) is 10.2. The lowest BCUT2D eigenvalue weighted by atomic mass is 10.2. The fraction of sp³-hybridized carbons (Fsp3) is 0.143. The van der Waals surface area contributed by atoms with Crippen LogP contribution in [0.3, 0.4) is 0 Å². The number of hydrogen-bond acceptors (Lipinski definition) is 1. The Labute approximate surface area is 110 Å². The Morgan fingerprint density at radius 2 is 1.25 bits per heavy atom. The molecule has 1 nitrogen and oxygen atoms in total. The zero-order chi connectivity index (χ0) is 11.5. The van der Waals surface area contributed by atoms with Gasteiger partial charge < -0.3 is 4.90 Å². The molecular weight excluding hydrogens is 309 g/mol. The van der Waals surface area contributed by atoms with Crippen LogP contribution in [0.25, 0.3) is 0 Å². The second-order valence-electron chi connectivity index (χ2n) is 3.87. The van der Waals surface area contributed by atoms with Crippen molar-refractivity contribution in [2.24, 2.45) is 0 Å². The van der Waals surface area contributed by atoms with E-state index in [2.05, 4.69) is 90.0 Å². The summed E-state index contributed by atoms with van der Waals surface area (Å²) in [6, 6.07) is 17.1. The summed E-state index contributed by atoms with van der Waals surface area (Å²) < 4.78 is 1.26. The lowest BCUT2D eigenvalue weighted by molar-refractivity contribution is 1.20. The molecule has 2 aromatic carbocycles. The van der Waals surface area contributed by atoms with Gasteiger partial charge in [0.25, 0.3) is 0 Å². The number of anilines is 2. The lowest BCUT2D eigenvalue weighted by Gasteiger charge is -2.19. The van der Waals surface area contributed by atoms with Gasteiger partial charge in [-0.1, -0.05) is 17.7 Å². The molecule has 0 aromatic heterocycles. The minimum Gasteiger partial charge on any atom is -0.345 e. The summed E-state index contributed by atoms with van der Waals surface area (Å²) in [6.07, 6.45) is 0. The number of halogens is 1. The van der Waals surface area contributed by atoms with Gasteiger partial charge in [0, 0.05) is 22.0 Å². The summed E-state index contributed by atoms with van der Waals surface area (Å²) >= 11 is 2.32. The van der Waals surface area contributed by atoms with Crippen molar-refractivity contribution in [3.63, 3.8) is 0 Å². The minimum absolute atomic E-state index is 1.21. The Morgan fingerprint density at radius 3 is 1.75 bits per heavy atom. The van der Waals surface area contributed by atoms with Crippen LogP contribution in [0.1, 0.15) is 5.56 Å². The van der Waals surface area contributed by atoms with Gasteiger partial charge in [-0.3, -0.25) is 0 Å². The van der Waals surface area contributed by atoms with Crippen molar-refractivity contribution < 1.29 is 0 Å². The molecule has 2 rings (SSSR count). The molecule has 2 heteroatoms. The van der Waals surface area contributed by atoms with Crippen LogP contribution in [0.15, 0.2) is 48.5 Å². The summed E-state index contributed by atoms with van der Waals surface area (Å²) in [5, 5.41) is 0. The summed E-state index contributed by atoms with van der Waals surface area (Å²) in [4.78, 5) is 2.19. The second kappa shape index (κ2) is 4.87. The van der Waals surface area contributed by atoms with Crippen molar-refractivity contribution in [3.8, 4) is 0 Å². The van der Waals surface area contributed by atoms with Crippen molar-refractivity contribution in [2.75, 3.05) is 11.9 Å². The number of nitrogens with zero attached hydrogens (tertiary/aromatic N) is 1. The molecule has 0 aliphatic heterocycles. The molecule has 0 saturated carbocycles. The number of rotatable bonds is 2. The average Bonchev–Trinajstić information content (AvgIpc) is 2.30. The fourth-order valence-corrected chi connectivity index (χ4v) is 1.94. The van der Waals surface area contributed by atoms with Crippen LogP contribution in [0.2, 0.25) is 0 Å². The first-order chi connectivity index (χ1) is 7.66. The van der Waals surface area contributed by atoms with E-state index in [9.17, 15) is 0 Å². The van der Waals surface area contributed by atoms with Gasteiger partial charge in [-0.15, -0.1) is 0 Å². The Hall–Kier alpha value is -1.03. The monoisotopic (exact) mass is 323 g/mol. The van der Waals surface area contributed by atoms with Gasteiger partial charge >= 0.3 is 0 Å². The molecule has 0 radical (unpaired) electrons. The highest BCUT2D eigenvalue weighted by Crippen LogP contribution is 2.24. The van der Waals surface area contributed by atoms with Gasteiger partial charge in [0.1, 0.15) is 0 Å². The van der Waals surface area contributed by atoms with Gasteiger partial charge in [0.2, 0.25) is 0 Å². The van der Waals surface area contributed by atoms with E-state index >= 15 is 0 Å². The summed E-state index contributed by atoms with van der Waals surface area (Å²) in [5.74, 6) is 0. The van der Waals surface area contributed by atoms with E-state index in [1.165, 1.54) is 20.5 Å². The molecular formula is C14H14IN. The number of aryl methyl sites for hydroxylation is 1. The predicted molar refractivity (Wildman–Crippen MR) is 78.4 cm³/mol. The molecule has 0 unspecified atom stereocenters. The minimum atomic E-state index is 1.21. The standard InChI is InChI=1S/C14H14IN/c1-11-3-7-13(8-4-11)16(2)14-9-5-12(15)6-10-14/h3-10H,1-2H3. The lowest BCUT2D eigenvalue weighted by Crippen LogP contribution is -2.08. The first kappa shape index (κ1) is 11.5. The summed E-state index contributed by atoms with van der Waals surface area (Å²) in [5.41, 5.74) is 3.72. The van der Waals surface area contributed by atoms with E-state index in [1.54, 1.807) is 0 Å². The van der Waals surface area contributed by atoms with E-state index < -0.39 is 0 Å². The third-order valence-electron chi connectivity index (χ3n) is 2.64. The molecule has 0 amide bonds. The zero-order valence-electron chi connectivity index (χ0n) is 9.44. The van der Waals surface area contributed by atoms with Crippen molar-refractivity contribution in [1.82, 2.24) is 0 Å². The van der Waals surface area contributed by atoms with Crippen molar-refractivity contribution in [2.45, 2.75) is 6.92 Å². The van der Waals surface area contributed by atoms with E-state index in [4.69, 9.17) is 0 Å². The smallest absolute Gasteiger partial charge is 0.0408 e. The number of benzene rings is 2. The Kier molecular flexibility index (Phi) is 3.49. The molecule has 0 aliphatic carbocycles. The maximum Gasteiger partial charge on any atom is 0.0408 e. The van der Waals surface area contributed by atoms with Crippen LogP contribution < -0.4 is 4.90 Å². The first-order valence-corrected chi connectivity index (χ1v) is 6.30. The summed E-state index contributed by atoms with van der Waals surface area (Å²) in [6.45, 7) is 2.11. The SMILES string of the molecule is Cc1ccc(N(C)c2ccc(I)cc2)cc1. The second-order valence-corrected chi connectivity index (χ2v) is 5.12. The van der Waals surface area contributed by atoms with E-state index in [-0.39, 0.29) is 0 Å². The maximum absolute atomic E-state index is 2.32. The van der Waals surface area contributed by atoms with Gasteiger partial charge in [-0.2, -0.15) is 0 Å². The molecule has 16 heavy (non-hydrogen) atoms. The topological polar surface area (TPSA) is 3.24 Å². The molecule has 0 bridgehead atoms. The summed E-state index contributed by atoms with van der Waals surface area (Å²) in [7, 11) is 2.09. The zero-order valence-corrected chi connectivity index (χ0v) is 11.6. The average molecular weight is 323 g/mol. The first-order valence-electron chi connectivity index (χ1n) is 5.23. The maximum atomic E-state index is 2.32. The Balaban J connectivity index is 2.28. The Morgan fingerprint density at radius 1 is 0.812 bits per heavy atom. The van der Waals surface area contributed by atoms with Gasteiger partial charge in [0.05, 0.1) is 0 Å². The van der Waals surface area contributed by atoms with Crippen molar-refractivity contribution in [3.05, 3.63) is 57.7 Å². The van der Waals surface area contributed by atoms with Gasteiger partial charge in [-0.05, 0) is 65.9 Å². The molecule has 82 valence electrons. The highest BCUT2D eigenvalue weighted by atomic mass is 127. The van der Waals surface area contributed by atoms with Gasteiger partial charge in [0.15, 0.2) is 0 Å². The van der Waals surface area contributed by atoms with Gasteiger partial charge in [-0.25, -0.2) is 0 Å². The molecule has 0 N–H and O–H groups in total. The van der Waals surface area contributed by atoms with Crippen LogP contribution in [0, 0.1) is 10.5 Å². The highest BCUT2D eigenvalue weighted by molar-refractivity contribution is 14.1. The highest BCUT2D eigenvalue weighted by Gasteiger charge is 2.02. The van der Waals surface area contributed by atoms with Crippen LogP contribution >= 0.6 is 22.6 Å². The number of hydrogen-bond donors (Lipinski definition) is 0. The van der Waals surface area contributed by atoms with E-state index in [1.807, 2.05) is 0 Å². The Bertz CT molecular complexity index is 414. The van der Waals surface area contributed by atoms with Crippen LogP contribution in [0.5, 0.6) is 0 Å². The van der Waals surface area contributed by atoms with Crippen molar-refractivity contribution >= 4 is 34.0 Å². The van der Waals surface area contributed by atoms with Crippen LogP contribution in [-0.4, -0.2) is 7.05 Å². The van der Waals surface area contributed by atoms with E-state index in [0.717, 1.165) is 0 Å². The van der Waals surface area contributed by atoms with Crippen LogP contribution in [-0.2, 0) is 0 Å². The molecule has 2 aromatic rings. The molecule has 0 heterocycles. The fourth-order valence-electron chi connectivity index (χ4n) is 1.58. The largest absolute Gasteiger partial charge is 0.345 e. The molecule has 0 aliphatic rings. The third kappa shape index (κ3) is 2.55. The van der Waals surface area contributed by atoms with Crippen LogP contribution in [0.4, 0.5) is 11.4 Å². The quantitative estimate of drug-likeness (QED) is 0.742.